The van der Waals surface area contributed by atoms with Gasteiger partial charge in [0.05, 0.1) is 0 Å². The highest BCUT2D eigenvalue weighted by Gasteiger charge is 2.15. The lowest BCUT2D eigenvalue weighted by Gasteiger charge is -1.99. The molecule has 86 valence electrons. The molecule has 0 aromatic carbocycles. The van der Waals surface area contributed by atoms with E-state index in [2.05, 4.69) is 15.5 Å². The first-order valence-corrected chi connectivity index (χ1v) is 4.59. The molecule has 0 saturated heterocycles. The Balaban J connectivity index is 2.12. The van der Waals surface area contributed by atoms with Crippen molar-refractivity contribution in [3.05, 3.63) is 42.0 Å². The maximum atomic E-state index is 11.6. The van der Waals surface area contributed by atoms with Gasteiger partial charge in [0.15, 0.2) is 11.6 Å². The Morgan fingerprint density at radius 3 is 2.59 bits per heavy atom. The standard InChI is InChI=1S/C10H7N3O4/c14-9(12-8-2-1-5-11-13-8)6-3-4-7(17-6)10(15)16/h1-5H,(H,15,16)(H,12,13,14). The predicted octanol–water partition coefficient (Wildman–Crippen LogP) is 1.02. The van der Waals surface area contributed by atoms with Crippen molar-refractivity contribution in [2.24, 2.45) is 0 Å². The number of nitrogens with zero attached hydrogens (tertiary/aromatic N) is 2. The number of carboxylic acid groups (broad SMARTS) is 1. The lowest BCUT2D eigenvalue weighted by Crippen LogP contribution is -2.12. The topological polar surface area (TPSA) is 105 Å². The van der Waals surface area contributed by atoms with Crippen LogP contribution in [0.15, 0.2) is 34.9 Å². The summed E-state index contributed by atoms with van der Waals surface area (Å²) in [6.07, 6.45) is 1.46. The van der Waals surface area contributed by atoms with Crippen LogP contribution in [0.4, 0.5) is 5.82 Å². The summed E-state index contributed by atoms with van der Waals surface area (Å²) in [4.78, 5) is 22.1. The number of carbonyl (C=O) groups excluding carboxylic acids is 1. The van der Waals surface area contributed by atoms with Gasteiger partial charge in [0, 0.05) is 6.20 Å². The molecule has 0 aliphatic heterocycles. The number of rotatable bonds is 3. The van der Waals surface area contributed by atoms with Crippen LogP contribution in [0, 0.1) is 0 Å². The molecular weight excluding hydrogens is 226 g/mol. The van der Waals surface area contributed by atoms with Crippen molar-refractivity contribution in [2.45, 2.75) is 0 Å². The molecule has 0 spiro atoms. The zero-order valence-electron chi connectivity index (χ0n) is 8.45. The summed E-state index contributed by atoms with van der Waals surface area (Å²) in [6.45, 7) is 0. The zero-order chi connectivity index (χ0) is 12.3. The first-order valence-electron chi connectivity index (χ1n) is 4.59. The molecule has 1 amide bonds. The van der Waals surface area contributed by atoms with Gasteiger partial charge in [0.2, 0.25) is 5.76 Å². The molecule has 7 nitrogen and oxygen atoms in total. The number of aromatic carboxylic acids is 1. The normalized spacial score (nSPS) is 9.88. The predicted molar refractivity (Wildman–Crippen MR) is 55.7 cm³/mol. The number of aromatic nitrogens is 2. The maximum Gasteiger partial charge on any atom is 0.371 e. The summed E-state index contributed by atoms with van der Waals surface area (Å²) >= 11 is 0. The van der Waals surface area contributed by atoms with Crippen LogP contribution >= 0.6 is 0 Å². The smallest absolute Gasteiger partial charge is 0.371 e. The Labute approximate surface area is 95.1 Å². The molecule has 0 fully saturated rings. The lowest BCUT2D eigenvalue weighted by molar-refractivity contribution is 0.0660. The van der Waals surface area contributed by atoms with Crippen LogP contribution in [-0.2, 0) is 0 Å². The van der Waals surface area contributed by atoms with Crippen molar-refractivity contribution in [2.75, 3.05) is 5.32 Å². The molecule has 7 heteroatoms. The van der Waals surface area contributed by atoms with E-state index < -0.39 is 11.9 Å². The highest BCUT2D eigenvalue weighted by atomic mass is 16.4. The molecule has 0 radical (unpaired) electrons. The minimum absolute atomic E-state index is 0.104. The molecule has 0 bridgehead atoms. The molecule has 2 aromatic heterocycles. The van der Waals surface area contributed by atoms with Crippen LogP contribution < -0.4 is 5.32 Å². The van der Waals surface area contributed by atoms with E-state index >= 15 is 0 Å². The molecule has 2 N–H and O–H groups in total. The van der Waals surface area contributed by atoms with Crippen molar-refractivity contribution in [1.29, 1.82) is 0 Å². The van der Waals surface area contributed by atoms with Gasteiger partial charge in [-0.1, -0.05) is 0 Å². The summed E-state index contributed by atoms with van der Waals surface area (Å²) in [5.41, 5.74) is 0. The molecular formula is C10H7N3O4. The fourth-order valence-corrected chi connectivity index (χ4v) is 1.12. The Bertz CT molecular complexity index is 550. The Kier molecular flexibility index (Phi) is 2.82. The van der Waals surface area contributed by atoms with E-state index in [9.17, 15) is 9.59 Å². The van der Waals surface area contributed by atoms with Gasteiger partial charge in [-0.2, -0.15) is 5.10 Å². The van der Waals surface area contributed by atoms with E-state index in [1.54, 1.807) is 12.1 Å². The van der Waals surface area contributed by atoms with Gasteiger partial charge >= 0.3 is 5.97 Å². The van der Waals surface area contributed by atoms with Crippen molar-refractivity contribution in [1.82, 2.24) is 10.2 Å². The van der Waals surface area contributed by atoms with E-state index in [1.807, 2.05) is 0 Å². The minimum Gasteiger partial charge on any atom is -0.475 e. The van der Waals surface area contributed by atoms with Gasteiger partial charge < -0.3 is 14.8 Å². The fourth-order valence-electron chi connectivity index (χ4n) is 1.12. The average molecular weight is 233 g/mol. The van der Waals surface area contributed by atoms with Gasteiger partial charge in [-0.25, -0.2) is 4.79 Å². The van der Waals surface area contributed by atoms with Gasteiger partial charge in [-0.15, -0.1) is 5.10 Å². The van der Waals surface area contributed by atoms with Crippen molar-refractivity contribution >= 4 is 17.7 Å². The number of carboxylic acids is 1. The Morgan fingerprint density at radius 2 is 2.00 bits per heavy atom. The molecule has 2 rings (SSSR count). The first kappa shape index (κ1) is 10.8. The Morgan fingerprint density at radius 1 is 1.24 bits per heavy atom. The number of furan rings is 1. The summed E-state index contributed by atoms with van der Waals surface area (Å²) in [7, 11) is 0. The van der Waals surface area contributed by atoms with E-state index in [-0.39, 0.29) is 17.3 Å². The number of anilines is 1. The van der Waals surface area contributed by atoms with Crippen molar-refractivity contribution in [3.8, 4) is 0 Å². The number of amides is 1. The monoisotopic (exact) mass is 233 g/mol. The van der Waals surface area contributed by atoms with Crippen LogP contribution in [-0.4, -0.2) is 27.2 Å². The minimum atomic E-state index is -1.23. The highest BCUT2D eigenvalue weighted by Crippen LogP contribution is 2.10. The SMILES string of the molecule is O=C(O)c1ccc(C(=O)Nc2cccnn2)o1. The largest absolute Gasteiger partial charge is 0.475 e. The van der Waals surface area contributed by atoms with Crippen LogP contribution in [0.25, 0.3) is 0 Å². The third-order valence-electron chi connectivity index (χ3n) is 1.85. The quantitative estimate of drug-likeness (QED) is 0.819. The van der Waals surface area contributed by atoms with Crippen LogP contribution in [0.5, 0.6) is 0 Å². The summed E-state index contributed by atoms with van der Waals surface area (Å²) < 4.78 is 4.82. The second-order valence-electron chi connectivity index (χ2n) is 3.03. The average Bonchev–Trinajstić information content (AvgIpc) is 2.79. The maximum absolute atomic E-state index is 11.6. The number of carbonyl (C=O) groups is 2. The highest BCUT2D eigenvalue weighted by molar-refractivity contribution is 6.02. The van der Waals surface area contributed by atoms with Crippen molar-refractivity contribution in [3.63, 3.8) is 0 Å². The summed E-state index contributed by atoms with van der Waals surface area (Å²) in [6, 6.07) is 5.63. The number of nitrogens with one attached hydrogen (secondary N) is 1. The third kappa shape index (κ3) is 2.46. The van der Waals surface area contributed by atoms with E-state index in [4.69, 9.17) is 9.52 Å². The van der Waals surface area contributed by atoms with Gasteiger partial charge in [-0.3, -0.25) is 4.79 Å². The fraction of sp³-hybridized carbons (Fsp3) is 0. The van der Waals surface area contributed by atoms with Crippen LogP contribution in [0.3, 0.4) is 0 Å². The second kappa shape index (κ2) is 4.44. The second-order valence-corrected chi connectivity index (χ2v) is 3.03. The summed E-state index contributed by atoms with van der Waals surface area (Å²) in [5.74, 6) is -1.96. The van der Waals surface area contributed by atoms with Gasteiger partial charge in [0.25, 0.3) is 5.91 Å². The van der Waals surface area contributed by atoms with Crippen molar-refractivity contribution < 1.29 is 19.1 Å². The van der Waals surface area contributed by atoms with Crippen LogP contribution in [0.2, 0.25) is 0 Å². The van der Waals surface area contributed by atoms with E-state index in [1.165, 1.54) is 18.3 Å². The van der Waals surface area contributed by atoms with Gasteiger partial charge in [-0.05, 0) is 24.3 Å². The lowest BCUT2D eigenvalue weighted by atomic mass is 10.4. The molecule has 0 atom stereocenters. The van der Waals surface area contributed by atoms with Crippen LogP contribution in [0.1, 0.15) is 21.1 Å². The summed E-state index contributed by atoms with van der Waals surface area (Å²) in [5, 5.41) is 18.3. The molecule has 0 aliphatic rings. The Hall–Kier alpha value is -2.70. The molecule has 17 heavy (non-hydrogen) atoms. The molecule has 0 saturated carbocycles. The van der Waals surface area contributed by atoms with Gasteiger partial charge in [0.1, 0.15) is 0 Å². The molecule has 0 unspecified atom stereocenters. The molecule has 2 aromatic rings. The van der Waals surface area contributed by atoms with E-state index in [0.29, 0.717) is 0 Å². The number of hydrogen-bond acceptors (Lipinski definition) is 5. The molecule has 0 aliphatic carbocycles. The zero-order valence-corrected chi connectivity index (χ0v) is 8.45. The molecule has 2 heterocycles. The third-order valence-corrected chi connectivity index (χ3v) is 1.85. The number of hydrogen-bond donors (Lipinski definition) is 2. The van der Waals surface area contributed by atoms with E-state index in [0.717, 1.165) is 0 Å². The first-order chi connectivity index (χ1) is 8.16.